The van der Waals surface area contributed by atoms with Gasteiger partial charge in [0.05, 0.1) is 5.69 Å². The number of alkyl halides is 3. The molecule has 2 aromatic carbocycles. The molecule has 1 heterocycles. The van der Waals surface area contributed by atoms with E-state index >= 15 is 0 Å². The number of halogens is 3. The van der Waals surface area contributed by atoms with Crippen LogP contribution in [0.4, 0.5) is 13.2 Å². The minimum atomic E-state index is -4.71. The molecule has 0 saturated heterocycles. The van der Waals surface area contributed by atoms with E-state index in [0.717, 1.165) is 10.9 Å². The molecule has 0 aliphatic rings. The van der Waals surface area contributed by atoms with Crippen molar-refractivity contribution in [1.82, 2.24) is 4.98 Å². The lowest BCUT2D eigenvalue weighted by Gasteiger charge is -2.12. The van der Waals surface area contributed by atoms with E-state index in [0.29, 0.717) is 11.3 Å². The molecule has 0 spiro atoms. The lowest BCUT2D eigenvalue weighted by molar-refractivity contribution is -0.274. The molecule has 0 unspecified atom stereocenters. The van der Waals surface area contributed by atoms with E-state index in [-0.39, 0.29) is 5.75 Å². The zero-order valence-corrected chi connectivity index (χ0v) is 10.2. The Morgan fingerprint density at radius 2 is 1.60 bits per heavy atom. The molecule has 0 bridgehead atoms. The van der Waals surface area contributed by atoms with Crippen molar-refractivity contribution in [2.24, 2.45) is 0 Å². The van der Waals surface area contributed by atoms with Crippen molar-refractivity contribution in [3.05, 3.63) is 54.6 Å². The number of rotatable bonds is 2. The van der Waals surface area contributed by atoms with Crippen LogP contribution in [0.2, 0.25) is 0 Å². The fraction of sp³-hybridized carbons (Fsp3) is 0.0667. The number of benzene rings is 2. The Hall–Kier alpha value is -2.43. The first-order valence-electron chi connectivity index (χ1n) is 5.96. The minimum Gasteiger partial charge on any atom is -0.405 e. The maximum Gasteiger partial charge on any atom is 0.573 e. The topological polar surface area (TPSA) is 25.0 Å². The van der Waals surface area contributed by atoms with Gasteiger partial charge in [-0.1, -0.05) is 30.3 Å². The van der Waals surface area contributed by atoms with Gasteiger partial charge in [-0.25, -0.2) is 0 Å². The third-order valence-corrected chi connectivity index (χ3v) is 2.93. The van der Waals surface area contributed by atoms with Crippen molar-refractivity contribution in [3.63, 3.8) is 0 Å². The Bertz CT molecular complexity index is 713. The second-order valence-corrected chi connectivity index (χ2v) is 4.31. The highest BCUT2D eigenvalue weighted by molar-refractivity contribution is 5.86. The van der Waals surface area contributed by atoms with Gasteiger partial charge >= 0.3 is 6.36 Å². The molecule has 3 rings (SSSR count). The van der Waals surface area contributed by atoms with Crippen molar-refractivity contribution < 1.29 is 17.9 Å². The van der Waals surface area contributed by atoms with E-state index in [1.165, 1.54) is 12.1 Å². The van der Waals surface area contributed by atoms with Crippen LogP contribution in [0.5, 0.6) is 5.75 Å². The van der Waals surface area contributed by atoms with E-state index in [2.05, 4.69) is 9.72 Å². The highest BCUT2D eigenvalue weighted by Crippen LogP contribution is 2.34. The molecule has 1 N–H and O–H groups in total. The number of hydrogen-bond donors (Lipinski definition) is 1. The molecule has 0 fully saturated rings. The molecule has 0 atom stereocenters. The van der Waals surface area contributed by atoms with Gasteiger partial charge in [-0.2, -0.15) is 0 Å². The lowest BCUT2D eigenvalue weighted by Crippen LogP contribution is -2.17. The number of nitrogens with one attached hydrogen (secondary N) is 1. The summed E-state index contributed by atoms with van der Waals surface area (Å²) in [5.74, 6) is -0.216. The van der Waals surface area contributed by atoms with E-state index in [4.69, 9.17) is 0 Å². The Balaban J connectivity index is 2.09. The van der Waals surface area contributed by atoms with Crippen LogP contribution in [0, 0.1) is 0 Å². The van der Waals surface area contributed by atoms with Crippen LogP contribution in [-0.4, -0.2) is 11.3 Å². The van der Waals surface area contributed by atoms with Gasteiger partial charge in [0.1, 0.15) is 5.75 Å². The molecule has 0 radical (unpaired) electrons. The van der Waals surface area contributed by atoms with E-state index in [9.17, 15) is 13.2 Å². The fourth-order valence-corrected chi connectivity index (χ4v) is 2.12. The second kappa shape index (κ2) is 4.59. The molecular formula is C15H10F3NO. The van der Waals surface area contributed by atoms with Crippen LogP contribution >= 0.6 is 0 Å². The quantitative estimate of drug-likeness (QED) is 0.719. The first-order valence-corrected chi connectivity index (χ1v) is 5.96. The van der Waals surface area contributed by atoms with Gasteiger partial charge in [0.15, 0.2) is 0 Å². The van der Waals surface area contributed by atoms with Crippen molar-refractivity contribution in [2.45, 2.75) is 6.36 Å². The van der Waals surface area contributed by atoms with Gasteiger partial charge in [-0.3, -0.25) is 0 Å². The first-order chi connectivity index (χ1) is 9.53. The van der Waals surface area contributed by atoms with Crippen LogP contribution in [0.15, 0.2) is 54.6 Å². The average molecular weight is 277 g/mol. The lowest BCUT2D eigenvalue weighted by atomic mass is 10.1. The van der Waals surface area contributed by atoms with Crippen LogP contribution in [0.3, 0.4) is 0 Å². The summed E-state index contributed by atoms with van der Waals surface area (Å²) >= 11 is 0. The number of aromatic amines is 1. The normalized spacial score (nSPS) is 11.8. The van der Waals surface area contributed by atoms with Crippen molar-refractivity contribution in [2.75, 3.05) is 0 Å². The van der Waals surface area contributed by atoms with Crippen LogP contribution in [-0.2, 0) is 0 Å². The highest BCUT2D eigenvalue weighted by atomic mass is 19.4. The van der Waals surface area contributed by atoms with Crippen LogP contribution in [0.25, 0.3) is 22.2 Å². The number of hydrogen-bond acceptors (Lipinski definition) is 1. The number of para-hydroxylation sites is 2. The molecule has 5 heteroatoms. The summed E-state index contributed by atoms with van der Waals surface area (Å²) in [6.07, 6.45) is -4.71. The second-order valence-electron chi connectivity index (χ2n) is 4.31. The number of fused-ring (bicyclic) bond motifs is 1. The Labute approximate surface area is 112 Å². The maximum atomic E-state index is 12.4. The zero-order valence-electron chi connectivity index (χ0n) is 10.2. The molecule has 102 valence electrons. The van der Waals surface area contributed by atoms with E-state index in [1.54, 1.807) is 18.2 Å². The van der Waals surface area contributed by atoms with Gasteiger partial charge in [-0.05, 0) is 24.3 Å². The summed E-state index contributed by atoms with van der Waals surface area (Å²) in [5, 5.41) is 0.935. The Morgan fingerprint density at radius 3 is 2.35 bits per heavy atom. The standard InChI is InChI=1S/C15H10F3NO/c16-15(17,18)20-14-8-4-2-6-11(14)13-9-10-5-1-3-7-12(10)19-13/h1-9,19H. The van der Waals surface area contributed by atoms with Crippen molar-refractivity contribution >= 4 is 10.9 Å². The minimum absolute atomic E-state index is 0.216. The summed E-state index contributed by atoms with van der Waals surface area (Å²) in [4.78, 5) is 3.09. The monoisotopic (exact) mass is 277 g/mol. The van der Waals surface area contributed by atoms with Gasteiger partial charge in [-0.15, -0.1) is 13.2 Å². The molecule has 0 saturated carbocycles. The fourth-order valence-electron chi connectivity index (χ4n) is 2.12. The molecule has 20 heavy (non-hydrogen) atoms. The van der Waals surface area contributed by atoms with Crippen molar-refractivity contribution in [3.8, 4) is 17.0 Å². The summed E-state index contributed by atoms with van der Waals surface area (Å²) in [5.41, 5.74) is 1.83. The highest BCUT2D eigenvalue weighted by Gasteiger charge is 2.32. The Morgan fingerprint density at radius 1 is 0.900 bits per heavy atom. The predicted molar refractivity (Wildman–Crippen MR) is 70.4 cm³/mol. The first kappa shape index (κ1) is 12.6. The van der Waals surface area contributed by atoms with Crippen molar-refractivity contribution in [1.29, 1.82) is 0 Å². The third kappa shape index (κ3) is 2.47. The molecule has 0 amide bonds. The molecule has 2 nitrogen and oxygen atoms in total. The van der Waals surface area contributed by atoms with Crippen LogP contribution in [0.1, 0.15) is 0 Å². The summed E-state index contributed by atoms with van der Waals surface area (Å²) < 4.78 is 41.3. The van der Waals surface area contributed by atoms with E-state index in [1.807, 2.05) is 24.3 Å². The smallest absolute Gasteiger partial charge is 0.405 e. The number of aromatic nitrogens is 1. The van der Waals surface area contributed by atoms with Gasteiger partial charge in [0.25, 0.3) is 0 Å². The molecule has 1 aromatic heterocycles. The molecule has 0 aliphatic heterocycles. The predicted octanol–water partition coefficient (Wildman–Crippen LogP) is 4.73. The SMILES string of the molecule is FC(F)(F)Oc1ccccc1-c1cc2ccccc2[nH]1. The third-order valence-electron chi connectivity index (χ3n) is 2.93. The Kier molecular flexibility index (Phi) is 2.89. The molecule has 3 aromatic rings. The maximum absolute atomic E-state index is 12.4. The number of ether oxygens (including phenoxy) is 1. The number of H-pyrrole nitrogens is 1. The summed E-state index contributed by atoms with van der Waals surface area (Å²) in [6.45, 7) is 0. The van der Waals surface area contributed by atoms with E-state index < -0.39 is 6.36 Å². The molecular weight excluding hydrogens is 267 g/mol. The van der Waals surface area contributed by atoms with Crippen LogP contribution < -0.4 is 4.74 Å². The summed E-state index contributed by atoms with van der Waals surface area (Å²) in [7, 11) is 0. The van der Waals surface area contributed by atoms with Gasteiger partial charge < -0.3 is 9.72 Å². The largest absolute Gasteiger partial charge is 0.573 e. The van der Waals surface area contributed by atoms with Gasteiger partial charge in [0, 0.05) is 16.5 Å². The van der Waals surface area contributed by atoms with Gasteiger partial charge in [0.2, 0.25) is 0 Å². The summed E-state index contributed by atoms with van der Waals surface area (Å²) in [6, 6.07) is 15.4. The zero-order chi connectivity index (χ0) is 14.2. The average Bonchev–Trinajstić information content (AvgIpc) is 2.81. The molecule has 0 aliphatic carbocycles.